The number of hydrogen-bond acceptors (Lipinski definition) is 8. The van der Waals surface area contributed by atoms with Crippen molar-refractivity contribution in [3.63, 3.8) is 0 Å². The SMILES string of the molecule is CCCCCC[C@H](C(=O)N1C[C@@H](Oc2ccno2)C[C@H]1C(=O)OC)n1cnc(N)c1. The zero-order valence-corrected chi connectivity index (χ0v) is 17.4. The molecule has 2 aromatic rings. The Labute approximate surface area is 175 Å². The summed E-state index contributed by atoms with van der Waals surface area (Å²) in [6, 6.07) is 0.361. The molecule has 0 spiro atoms. The van der Waals surface area contributed by atoms with Crippen molar-refractivity contribution in [3.8, 4) is 5.95 Å². The summed E-state index contributed by atoms with van der Waals surface area (Å²) in [5.41, 5.74) is 5.77. The van der Waals surface area contributed by atoms with Gasteiger partial charge >= 0.3 is 11.9 Å². The maximum atomic E-state index is 13.5. The van der Waals surface area contributed by atoms with Crippen molar-refractivity contribution in [2.24, 2.45) is 0 Å². The number of hydrogen-bond donors (Lipinski definition) is 1. The number of carbonyl (C=O) groups excluding carboxylic acids is 2. The second-order valence-corrected chi connectivity index (χ2v) is 7.45. The van der Waals surface area contributed by atoms with Crippen LogP contribution in [0.5, 0.6) is 5.95 Å². The fourth-order valence-electron chi connectivity index (χ4n) is 3.79. The average Bonchev–Trinajstić information content (AvgIpc) is 3.49. The van der Waals surface area contributed by atoms with Crippen molar-refractivity contribution in [3.05, 3.63) is 24.8 Å². The summed E-state index contributed by atoms with van der Waals surface area (Å²) in [5.74, 6) is -0.0555. The van der Waals surface area contributed by atoms with Crippen molar-refractivity contribution >= 4 is 17.7 Å². The van der Waals surface area contributed by atoms with Gasteiger partial charge in [0.15, 0.2) is 0 Å². The molecule has 1 saturated heterocycles. The molecule has 3 heterocycles. The molecule has 10 heteroatoms. The molecule has 164 valence electrons. The van der Waals surface area contributed by atoms with E-state index in [0.717, 1.165) is 25.7 Å². The average molecular weight is 419 g/mol. The molecular formula is C20H29N5O5. The fourth-order valence-corrected chi connectivity index (χ4v) is 3.79. The van der Waals surface area contributed by atoms with Crippen molar-refractivity contribution in [1.82, 2.24) is 19.6 Å². The van der Waals surface area contributed by atoms with E-state index >= 15 is 0 Å². The van der Waals surface area contributed by atoms with Gasteiger partial charge in [0.05, 0.1) is 26.2 Å². The van der Waals surface area contributed by atoms with Gasteiger partial charge in [0.1, 0.15) is 24.0 Å². The number of methoxy groups -OCH3 is 1. The van der Waals surface area contributed by atoms with Gasteiger partial charge in [-0.1, -0.05) is 37.8 Å². The third-order valence-electron chi connectivity index (χ3n) is 5.31. The monoisotopic (exact) mass is 419 g/mol. The smallest absolute Gasteiger partial charge is 0.328 e. The summed E-state index contributed by atoms with van der Waals surface area (Å²) in [6.45, 7) is 2.38. The Morgan fingerprint density at radius 3 is 2.83 bits per heavy atom. The number of anilines is 1. The van der Waals surface area contributed by atoms with Gasteiger partial charge in [-0.05, 0) is 6.42 Å². The first-order chi connectivity index (χ1) is 14.5. The van der Waals surface area contributed by atoms with Crippen molar-refractivity contribution in [1.29, 1.82) is 0 Å². The van der Waals surface area contributed by atoms with Gasteiger partial charge in [-0.3, -0.25) is 4.79 Å². The Kier molecular flexibility index (Phi) is 7.31. The number of ether oxygens (including phenoxy) is 2. The van der Waals surface area contributed by atoms with Gasteiger partial charge in [-0.25, -0.2) is 9.78 Å². The molecule has 30 heavy (non-hydrogen) atoms. The van der Waals surface area contributed by atoms with Crippen LogP contribution in [-0.4, -0.2) is 57.3 Å². The van der Waals surface area contributed by atoms with Crippen LogP contribution in [0.2, 0.25) is 0 Å². The molecule has 0 unspecified atom stereocenters. The van der Waals surface area contributed by atoms with Gasteiger partial charge in [-0.15, -0.1) is 0 Å². The molecule has 2 N–H and O–H groups in total. The van der Waals surface area contributed by atoms with E-state index in [1.165, 1.54) is 18.2 Å². The second kappa shape index (κ2) is 10.1. The molecule has 0 aliphatic carbocycles. The van der Waals surface area contributed by atoms with Crippen molar-refractivity contribution in [2.45, 2.75) is 63.6 Å². The lowest BCUT2D eigenvalue weighted by Crippen LogP contribution is -2.44. The van der Waals surface area contributed by atoms with E-state index in [-0.39, 0.29) is 18.4 Å². The third-order valence-corrected chi connectivity index (χ3v) is 5.31. The Hall–Kier alpha value is -3.04. The topological polar surface area (TPSA) is 126 Å². The second-order valence-electron chi connectivity index (χ2n) is 7.45. The Bertz CT molecular complexity index is 821. The van der Waals surface area contributed by atoms with Crippen LogP contribution < -0.4 is 10.5 Å². The highest BCUT2D eigenvalue weighted by Gasteiger charge is 2.43. The molecule has 1 aliphatic rings. The summed E-state index contributed by atoms with van der Waals surface area (Å²) in [4.78, 5) is 31.5. The Morgan fingerprint density at radius 1 is 1.37 bits per heavy atom. The first-order valence-corrected chi connectivity index (χ1v) is 10.3. The van der Waals surface area contributed by atoms with Crippen LogP contribution in [0.4, 0.5) is 5.82 Å². The lowest BCUT2D eigenvalue weighted by Gasteiger charge is -2.28. The van der Waals surface area contributed by atoms with Gasteiger partial charge in [0, 0.05) is 18.7 Å². The first-order valence-electron chi connectivity index (χ1n) is 10.3. The van der Waals surface area contributed by atoms with Crippen LogP contribution in [-0.2, 0) is 14.3 Å². The quantitative estimate of drug-likeness (QED) is 0.459. The number of rotatable bonds is 10. The first kappa shape index (κ1) is 21.7. The number of carbonyl (C=O) groups is 2. The molecule has 2 aromatic heterocycles. The molecule has 0 aromatic carbocycles. The predicted octanol–water partition coefficient (Wildman–Crippen LogP) is 2.19. The van der Waals surface area contributed by atoms with E-state index < -0.39 is 24.2 Å². The largest absolute Gasteiger partial charge is 0.467 e. The standard InChI is InChI=1S/C20H29N5O5/c1-3-4-5-6-7-15(24-12-17(21)22-13-24)19(26)25-11-14(10-16(25)20(27)28-2)29-18-8-9-23-30-18/h8-9,12-16H,3-7,10-11,21H2,1-2H3/t14-,15+,16-/m0/s1. The molecule has 1 aliphatic heterocycles. The molecule has 0 saturated carbocycles. The number of nitrogen functional groups attached to an aromatic ring is 1. The van der Waals surface area contributed by atoms with E-state index in [9.17, 15) is 9.59 Å². The lowest BCUT2D eigenvalue weighted by atomic mass is 10.1. The fraction of sp³-hybridized carbons (Fsp3) is 0.600. The Morgan fingerprint density at radius 2 is 2.20 bits per heavy atom. The molecule has 3 atom stereocenters. The van der Waals surface area contributed by atoms with Crippen molar-refractivity contribution < 1.29 is 23.6 Å². The molecule has 10 nitrogen and oxygen atoms in total. The number of unbranched alkanes of at least 4 members (excludes halogenated alkanes) is 3. The van der Waals surface area contributed by atoms with E-state index in [4.69, 9.17) is 19.7 Å². The van der Waals surface area contributed by atoms with E-state index in [1.807, 2.05) is 0 Å². The summed E-state index contributed by atoms with van der Waals surface area (Å²) < 4.78 is 17.4. The zero-order chi connectivity index (χ0) is 21.5. The lowest BCUT2D eigenvalue weighted by molar-refractivity contribution is -0.152. The van der Waals surface area contributed by atoms with Crippen LogP contribution >= 0.6 is 0 Å². The van der Waals surface area contributed by atoms with Crippen LogP contribution in [0.15, 0.2) is 29.3 Å². The molecule has 1 fully saturated rings. The highest BCUT2D eigenvalue weighted by Crippen LogP contribution is 2.29. The van der Waals surface area contributed by atoms with E-state index in [0.29, 0.717) is 18.7 Å². The van der Waals surface area contributed by atoms with Gasteiger partial charge in [0.2, 0.25) is 5.91 Å². The van der Waals surface area contributed by atoms with Gasteiger partial charge in [-0.2, -0.15) is 0 Å². The minimum Gasteiger partial charge on any atom is -0.467 e. The summed E-state index contributed by atoms with van der Waals surface area (Å²) >= 11 is 0. The zero-order valence-electron chi connectivity index (χ0n) is 17.4. The minimum atomic E-state index is -0.727. The maximum absolute atomic E-state index is 13.5. The number of amides is 1. The summed E-state index contributed by atoms with van der Waals surface area (Å²) in [6.07, 6.45) is 9.35. The number of nitrogens with two attached hydrogens (primary N) is 1. The van der Waals surface area contributed by atoms with Crippen LogP contribution in [0, 0.1) is 0 Å². The number of imidazole rings is 1. The molecule has 0 radical (unpaired) electrons. The van der Waals surface area contributed by atoms with Crippen LogP contribution in [0.3, 0.4) is 0 Å². The van der Waals surface area contributed by atoms with Gasteiger partial charge in [0.25, 0.3) is 0 Å². The van der Waals surface area contributed by atoms with Crippen LogP contribution in [0.25, 0.3) is 0 Å². The third kappa shape index (κ3) is 5.11. The molecule has 1 amide bonds. The number of esters is 1. The van der Waals surface area contributed by atoms with Crippen LogP contribution in [0.1, 0.15) is 51.5 Å². The van der Waals surface area contributed by atoms with E-state index in [2.05, 4.69) is 17.1 Å². The normalized spacial score (nSPS) is 19.6. The highest BCUT2D eigenvalue weighted by molar-refractivity contribution is 5.87. The number of aromatic nitrogens is 3. The van der Waals surface area contributed by atoms with E-state index in [1.54, 1.807) is 23.2 Å². The Balaban J connectivity index is 1.77. The predicted molar refractivity (Wildman–Crippen MR) is 107 cm³/mol. The minimum absolute atomic E-state index is 0.178. The number of likely N-dealkylation sites (tertiary alicyclic amines) is 1. The van der Waals surface area contributed by atoms with Gasteiger partial charge < -0.3 is 29.2 Å². The molecular weight excluding hydrogens is 390 g/mol. The summed E-state index contributed by atoms with van der Waals surface area (Å²) in [7, 11) is 1.31. The highest BCUT2D eigenvalue weighted by atomic mass is 16.6. The summed E-state index contributed by atoms with van der Waals surface area (Å²) in [5, 5.41) is 3.61. The molecule has 3 rings (SSSR count). The number of nitrogens with zero attached hydrogens (tertiary/aromatic N) is 4. The molecule has 0 bridgehead atoms. The van der Waals surface area contributed by atoms with Crippen molar-refractivity contribution in [2.75, 3.05) is 19.4 Å². The maximum Gasteiger partial charge on any atom is 0.328 e.